The normalized spacial score (nSPS) is 11.3. The Morgan fingerprint density at radius 1 is 0.788 bits per heavy atom. The molecule has 2 heterocycles. The van der Waals surface area contributed by atoms with Crippen LogP contribution in [-0.4, -0.2) is 27.9 Å². The number of imidazole rings is 1. The molecule has 170 valence electrons. The van der Waals surface area contributed by atoms with E-state index in [9.17, 15) is 8.42 Å². The zero-order valence-electron chi connectivity index (χ0n) is 18.8. The summed E-state index contributed by atoms with van der Waals surface area (Å²) in [6.45, 7) is 5.67. The van der Waals surface area contributed by atoms with E-state index in [1.54, 1.807) is 42.8 Å². The van der Waals surface area contributed by atoms with E-state index in [4.69, 9.17) is 0 Å². The van der Waals surface area contributed by atoms with Crippen molar-refractivity contribution in [1.29, 1.82) is 0 Å². The lowest BCUT2D eigenvalue weighted by Gasteiger charge is -2.11. The number of aryl methyl sites for hydroxylation is 4. The number of sulfonamides is 1. The number of nitrogens with zero attached hydrogens (tertiary/aromatic N) is 4. The lowest BCUT2D eigenvalue weighted by molar-refractivity contribution is 0.598. The maximum absolute atomic E-state index is 12.6. The molecule has 3 N–H and O–H groups in total. The minimum Gasteiger partial charge on any atom is -0.340 e. The summed E-state index contributed by atoms with van der Waals surface area (Å²) in [5.41, 5.74) is 4.07. The number of anilines is 5. The second-order valence-electron chi connectivity index (χ2n) is 7.75. The van der Waals surface area contributed by atoms with E-state index in [-0.39, 0.29) is 5.03 Å². The molecule has 0 amide bonds. The van der Waals surface area contributed by atoms with Crippen molar-refractivity contribution >= 4 is 38.9 Å². The highest BCUT2D eigenvalue weighted by molar-refractivity contribution is 7.92. The van der Waals surface area contributed by atoms with Gasteiger partial charge in [0.2, 0.25) is 5.95 Å². The molecule has 0 radical (unpaired) electrons. The smallest absolute Gasteiger partial charge is 0.280 e. The van der Waals surface area contributed by atoms with Gasteiger partial charge in [0.15, 0.2) is 5.03 Å². The summed E-state index contributed by atoms with van der Waals surface area (Å²) in [4.78, 5) is 13.0. The fraction of sp³-hybridized carbons (Fsp3) is 0.174. The first kappa shape index (κ1) is 22.3. The van der Waals surface area contributed by atoms with Crippen LogP contribution in [0.25, 0.3) is 0 Å². The second kappa shape index (κ2) is 8.91. The summed E-state index contributed by atoms with van der Waals surface area (Å²) < 4.78 is 29.3. The summed E-state index contributed by atoms with van der Waals surface area (Å²) in [6, 6.07) is 16.7. The Kier molecular flexibility index (Phi) is 6.01. The molecule has 0 atom stereocenters. The van der Waals surface area contributed by atoms with Crippen molar-refractivity contribution in [2.75, 3.05) is 15.4 Å². The highest BCUT2D eigenvalue weighted by Gasteiger charge is 2.18. The van der Waals surface area contributed by atoms with E-state index in [0.29, 0.717) is 23.3 Å². The van der Waals surface area contributed by atoms with Gasteiger partial charge < -0.3 is 15.2 Å². The van der Waals surface area contributed by atoms with Crippen LogP contribution < -0.4 is 15.4 Å². The first-order valence-corrected chi connectivity index (χ1v) is 11.8. The van der Waals surface area contributed by atoms with E-state index in [1.807, 2.05) is 44.2 Å². The van der Waals surface area contributed by atoms with Gasteiger partial charge in [-0.25, -0.2) is 9.97 Å². The quantitative estimate of drug-likeness (QED) is 0.372. The average Bonchev–Trinajstić information content (AvgIpc) is 3.10. The summed E-state index contributed by atoms with van der Waals surface area (Å²) in [6.07, 6.45) is 1.48. The van der Waals surface area contributed by atoms with Crippen LogP contribution in [0.4, 0.5) is 28.8 Å². The molecular formula is C23H25N7O2S. The SMILES string of the molecule is Cc1ccc(Nc2nc(C)cc(Nc3ccc(NS(=O)(=O)c4cn(C)c(C)n4)cc3)n2)cc1. The van der Waals surface area contributed by atoms with Crippen molar-refractivity contribution in [2.24, 2.45) is 7.05 Å². The van der Waals surface area contributed by atoms with Gasteiger partial charge >= 0.3 is 0 Å². The van der Waals surface area contributed by atoms with Crippen LogP contribution in [-0.2, 0) is 17.1 Å². The molecule has 4 aromatic rings. The number of nitrogens with one attached hydrogen (secondary N) is 3. The van der Waals surface area contributed by atoms with Crippen LogP contribution in [0.2, 0.25) is 0 Å². The van der Waals surface area contributed by atoms with Crippen LogP contribution in [0, 0.1) is 20.8 Å². The molecule has 2 aromatic heterocycles. The third-order valence-corrected chi connectivity index (χ3v) is 6.19. The van der Waals surface area contributed by atoms with Gasteiger partial charge in [-0.1, -0.05) is 17.7 Å². The van der Waals surface area contributed by atoms with Gasteiger partial charge in [-0.3, -0.25) is 4.72 Å². The van der Waals surface area contributed by atoms with E-state index >= 15 is 0 Å². The van der Waals surface area contributed by atoms with E-state index in [2.05, 4.69) is 30.3 Å². The highest BCUT2D eigenvalue weighted by Crippen LogP contribution is 2.22. The third kappa shape index (κ3) is 5.47. The molecule has 0 saturated heterocycles. The molecule has 0 unspecified atom stereocenters. The van der Waals surface area contributed by atoms with Gasteiger partial charge in [-0.05, 0) is 57.2 Å². The van der Waals surface area contributed by atoms with Crippen molar-refractivity contribution in [3.63, 3.8) is 0 Å². The summed E-state index contributed by atoms with van der Waals surface area (Å²) in [5, 5.41) is 6.42. The topological polar surface area (TPSA) is 114 Å². The van der Waals surface area contributed by atoms with Crippen molar-refractivity contribution in [3.05, 3.63) is 77.9 Å². The number of benzene rings is 2. The fourth-order valence-corrected chi connectivity index (χ4v) is 4.19. The lowest BCUT2D eigenvalue weighted by atomic mass is 10.2. The van der Waals surface area contributed by atoms with Crippen LogP contribution in [0.3, 0.4) is 0 Å². The maximum Gasteiger partial charge on any atom is 0.280 e. The minimum absolute atomic E-state index is 0.0187. The minimum atomic E-state index is -3.76. The van der Waals surface area contributed by atoms with Gasteiger partial charge in [-0.15, -0.1) is 0 Å². The Labute approximate surface area is 193 Å². The summed E-state index contributed by atoms with van der Waals surface area (Å²) in [7, 11) is -2.01. The molecule has 33 heavy (non-hydrogen) atoms. The molecule has 4 rings (SSSR count). The summed E-state index contributed by atoms with van der Waals surface area (Å²) >= 11 is 0. The van der Waals surface area contributed by atoms with Crippen molar-refractivity contribution in [1.82, 2.24) is 19.5 Å². The van der Waals surface area contributed by atoms with Crippen LogP contribution in [0.1, 0.15) is 17.1 Å². The van der Waals surface area contributed by atoms with E-state index in [1.165, 1.54) is 11.8 Å². The number of hydrogen-bond donors (Lipinski definition) is 3. The zero-order chi connectivity index (χ0) is 23.6. The van der Waals surface area contributed by atoms with Crippen LogP contribution in [0.5, 0.6) is 0 Å². The Morgan fingerprint density at radius 2 is 1.39 bits per heavy atom. The van der Waals surface area contributed by atoms with Gasteiger partial charge in [0, 0.05) is 42.1 Å². The summed E-state index contributed by atoms with van der Waals surface area (Å²) in [5.74, 6) is 1.72. The van der Waals surface area contributed by atoms with Crippen LogP contribution in [0.15, 0.2) is 65.8 Å². The Bertz CT molecular complexity index is 1360. The zero-order valence-corrected chi connectivity index (χ0v) is 19.6. The van der Waals surface area contributed by atoms with E-state index < -0.39 is 10.0 Å². The molecule has 0 aliphatic carbocycles. The number of rotatable bonds is 7. The standard InChI is InChI=1S/C23H25N7O2S/c1-15-5-7-19(8-6-15)27-23-24-16(2)13-21(28-23)26-18-9-11-20(12-10-18)29-33(31,32)22-14-30(4)17(3)25-22/h5-14,29H,1-4H3,(H2,24,26,27,28). The molecule has 10 heteroatoms. The number of hydrogen-bond acceptors (Lipinski definition) is 7. The van der Waals surface area contributed by atoms with Crippen LogP contribution >= 0.6 is 0 Å². The molecule has 0 spiro atoms. The monoisotopic (exact) mass is 463 g/mol. The fourth-order valence-electron chi connectivity index (χ4n) is 3.09. The molecule has 0 aliphatic heterocycles. The average molecular weight is 464 g/mol. The molecule has 9 nitrogen and oxygen atoms in total. The maximum atomic E-state index is 12.6. The molecule has 0 saturated carbocycles. The van der Waals surface area contributed by atoms with Gasteiger partial charge in [0.25, 0.3) is 10.0 Å². The molecule has 0 bridgehead atoms. The highest BCUT2D eigenvalue weighted by atomic mass is 32.2. The number of aromatic nitrogens is 4. The predicted octanol–water partition coefficient (Wildman–Crippen LogP) is 4.42. The molecule has 0 fully saturated rings. The Hall–Kier alpha value is -3.92. The molecule has 0 aliphatic rings. The van der Waals surface area contributed by atoms with Crippen molar-refractivity contribution in [3.8, 4) is 0 Å². The predicted molar refractivity (Wildman–Crippen MR) is 130 cm³/mol. The van der Waals surface area contributed by atoms with Gasteiger partial charge in [-0.2, -0.15) is 13.4 Å². The third-order valence-electron chi connectivity index (χ3n) is 4.93. The Morgan fingerprint density at radius 3 is 2.03 bits per heavy atom. The van der Waals surface area contributed by atoms with E-state index in [0.717, 1.165) is 17.1 Å². The Balaban J connectivity index is 1.46. The second-order valence-corrected chi connectivity index (χ2v) is 9.38. The molecule has 2 aromatic carbocycles. The first-order chi connectivity index (χ1) is 15.7. The van der Waals surface area contributed by atoms with Crippen molar-refractivity contribution in [2.45, 2.75) is 25.8 Å². The first-order valence-electron chi connectivity index (χ1n) is 10.3. The van der Waals surface area contributed by atoms with Crippen molar-refractivity contribution < 1.29 is 8.42 Å². The largest absolute Gasteiger partial charge is 0.340 e. The lowest BCUT2D eigenvalue weighted by Crippen LogP contribution is -2.13. The van der Waals surface area contributed by atoms with Gasteiger partial charge in [0.1, 0.15) is 11.6 Å². The van der Waals surface area contributed by atoms with Gasteiger partial charge in [0.05, 0.1) is 0 Å². The molecular weight excluding hydrogens is 438 g/mol.